The van der Waals surface area contributed by atoms with Crippen molar-refractivity contribution < 1.29 is 13.5 Å². The van der Waals surface area contributed by atoms with Gasteiger partial charge in [0.05, 0.1) is 11.1 Å². The van der Waals surface area contributed by atoms with Crippen LogP contribution in [0.25, 0.3) is 0 Å². The summed E-state index contributed by atoms with van der Waals surface area (Å²) in [5.74, 6) is 3.87. The first-order valence-corrected chi connectivity index (χ1v) is 7.26. The molecule has 0 amide bonds. The number of ether oxygens (including phenoxy) is 1. The van der Waals surface area contributed by atoms with Gasteiger partial charge in [-0.05, 0) is 28.8 Å². The van der Waals surface area contributed by atoms with Crippen molar-refractivity contribution >= 4 is 21.7 Å². The van der Waals surface area contributed by atoms with E-state index in [4.69, 9.17) is 10.6 Å². The molecule has 0 saturated heterocycles. The van der Waals surface area contributed by atoms with E-state index >= 15 is 0 Å². The van der Waals surface area contributed by atoms with Gasteiger partial charge < -0.3 is 10.2 Å². The lowest BCUT2D eigenvalue weighted by Gasteiger charge is -2.36. The first-order valence-electron chi connectivity index (χ1n) is 6.46. The summed E-state index contributed by atoms with van der Waals surface area (Å²) in [6.45, 7) is 2.38. The summed E-state index contributed by atoms with van der Waals surface area (Å²) in [4.78, 5) is 4.03. The van der Waals surface area contributed by atoms with Gasteiger partial charge in [-0.3, -0.25) is 0 Å². The van der Waals surface area contributed by atoms with Gasteiger partial charge in [-0.25, -0.2) is 19.6 Å². The number of pyridine rings is 1. The maximum atomic E-state index is 13.2. The molecule has 0 aromatic carbocycles. The number of nitrogen functional groups attached to an aromatic ring is 1. The zero-order valence-corrected chi connectivity index (χ0v) is 12.8. The van der Waals surface area contributed by atoms with Crippen molar-refractivity contribution in [1.29, 1.82) is 0 Å². The standard InChI is InChI=1S/C13H18BrF2N3O/c1-12(2-4-13(15,16)5-3-12)8-20-10-6-11(19-17)18-7-9(10)14/h6-7H,2-5,8,17H2,1H3,(H,18,19). The Morgan fingerprint density at radius 1 is 1.40 bits per heavy atom. The molecule has 0 aliphatic heterocycles. The monoisotopic (exact) mass is 349 g/mol. The molecule has 1 heterocycles. The third-order valence-corrected chi connectivity index (χ3v) is 4.33. The van der Waals surface area contributed by atoms with Crippen molar-refractivity contribution in [1.82, 2.24) is 4.98 Å². The zero-order valence-electron chi connectivity index (χ0n) is 11.3. The van der Waals surface area contributed by atoms with Gasteiger partial charge in [0.25, 0.3) is 0 Å². The molecule has 4 nitrogen and oxygen atoms in total. The van der Waals surface area contributed by atoms with E-state index in [0.29, 0.717) is 35.5 Å². The molecule has 0 unspecified atom stereocenters. The zero-order chi connectivity index (χ0) is 14.8. The van der Waals surface area contributed by atoms with Gasteiger partial charge in [0.2, 0.25) is 5.92 Å². The second kappa shape index (κ2) is 5.81. The van der Waals surface area contributed by atoms with E-state index in [-0.39, 0.29) is 18.3 Å². The van der Waals surface area contributed by atoms with E-state index in [1.165, 1.54) is 0 Å². The maximum absolute atomic E-state index is 13.2. The summed E-state index contributed by atoms with van der Waals surface area (Å²) in [7, 11) is 0. The summed E-state index contributed by atoms with van der Waals surface area (Å²) >= 11 is 3.34. The second-order valence-electron chi connectivity index (χ2n) is 5.60. The first-order chi connectivity index (χ1) is 9.34. The number of alkyl halides is 2. The molecule has 112 valence electrons. The van der Waals surface area contributed by atoms with Crippen LogP contribution in [0.2, 0.25) is 0 Å². The average Bonchev–Trinajstić information content (AvgIpc) is 2.42. The number of nitrogens with two attached hydrogens (primary N) is 1. The van der Waals surface area contributed by atoms with Gasteiger partial charge in [0, 0.05) is 30.5 Å². The molecule has 7 heteroatoms. The van der Waals surface area contributed by atoms with Crippen LogP contribution in [0.1, 0.15) is 32.6 Å². The summed E-state index contributed by atoms with van der Waals surface area (Å²) < 4.78 is 32.9. The van der Waals surface area contributed by atoms with Crippen LogP contribution in [0.4, 0.5) is 14.6 Å². The molecule has 0 radical (unpaired) electrons. The molecule has 1 fully saturated rings. The maximum Gasteiger partial charge on any atom is 0.248 e. The number of hydrogen-bond donors (Lipinski definition) is 2. The Hall–Kier alpha value is -0.950. The van der Waals surface area contributed by atoms with Crippen LogP contribution < -0.4 is 16.0 Å². The third-order valence-electron chi connectivity index (χ3n) is 3.73. The Kier molecular flexibility index (Phi) is 4.49. The minimum Gasteiger partial charge on any atom is -0.492 e. The van der Waals surface area contributed by atoms with Crippen molar-refractivity contribution in [2.45, 2.75) is 38.5 Å². The van der Waals surface area contributed by atoms with Gasteiger partial charge in [-0.15, -0.1) is 0 Å². The van der Waals surface area contributed by atoms with E-state index in [1.54, 1.807) is 12.3 Å². The van der Waals surface area contributed by atoms with Gasteiger partial charge >= 0.3 is 0 Å². The molecular weight excluding hydrogens is 332 g/mol. The lowest BCUT2D eigenvalue weighted by molar-refractivity contribution is -0.0712. The summed E-state index contributed by atoms with van der Waals surface area (Å²) in [5, 5.41) is 0. The van der Waals surface area contributed by atoms with Gasteiger partial charge in [0.1, 0.15) is 11.6 Å². The summed E-state index contributed by atoms with van der Waals surface area (Å²) in [5.41, 5.74) is 2.22. The Balaban J connectivity index is 1.98. The van der Waals surface area contributed by atoms with E-state index in [9.17, 15) is 8.78 Å². The Morgan fingerprint density at radius 2 is 2.05 bits per heavy atom. The van der Waals surface area contributed by atoms with E-state index in [1.807, 2.05) is 6.92 Å². The molecule has 0 atom stereocenters. The summed E-state index contributed by atoms with van der Waals surface area (Å²) in [6, 6.07) is 1.67. The van der Waals surface area contributed by atoms with E-state index in [0.717, 1.165) is 0 Å². The largest absolute Gasteiger partial charge is 0.492 e. The highest BCUT2D eigenvalue weighted by Crippen LogP contribution is 2.43. The third kappa shape index (κ3) is 3.79. The van der Waals surface area contributed by atoms with Crippen LogP contribution in [0.5, 0.6) is 5.75 Å². The molecule has 0 bridgehead atoms. The molecule has 1 aliphatic carbocycles. The Bertz CT molecular complexity index is 475. The molecule has 1 aromatic heterocycles. The smallest absolute Gasteiger partial charge is 0.248 e. The van der Waals surface area contributed by atoms with E-state index in [2.05, 4.69) is 26.3 Å². The van der Waals surface area contributed by atoms with Crippen LogP contribution in [0.15, 0.2) is 16.7 Å². The van der Waals surface area contributed by atoms with Gasteiger partial charge in [0.15, 0.2) is 0 Å². The quantitative estimate of drug-likeness (QED) is 0.642. The number of nitrogens with zero attached hydrogens (tertiary/aromatic N) is 1. The highest BCUT2D eigenvalue weighted by atomic mass is 79.9. The molecule has 1 aromatic rings. The van der Waals surface area contributed by atoms with Crippen LogP contribution in [-0.4, -0.2) is 17.5 Å². The number of rotatable bonds is 4. The van der Waals surface area contributed by atoms with Crippen molar-refractivity contribution in [3.05, 3.63) is 16.7 Å². The normalized spacial score (nSPS) is 20.4. The van der Waals surface area contributed by atoms with Crippen molar-refractivity contribution in [2.75, 3.05) is 12.0 Å². The molecule has 1 aliphatic rings. The van der Waals surface area contributed by atoms with Gasteiger partial charge in [-0.2, -0.15) is 0 Å². The number of hydrogen-bond acceptors (Lipinski definition) is 4. The highest BCUT2D eigenvalue weighted by Gasteiger charge is 2.41. The van der Waals surface area contributed by atoms with Crippen molar-refractivity contribution in [3.63, 3.8) is 0 Å². The molecule has 2 rings (SSSR count). The Labute approximate surface area is 125 Å². The SMILES string of the molecule is CC1(COc2cc(NN)ncc2Br)CCC(F)(F)CC1. The van der Waals surface area contributed by atoms with Crippen LogP contribution in [-0.2, 0) is 0 Å². The topological polar surface area (TPSA) is 60.2 Å². The predicted molar refractivity (Wildman–Crippen MR) is 76.8 cm³/mol. The van der Waals surface area contributed by atoms with Crippen molar-refractivity contribution in [2.24, 2.45) is 11.3 Å². The number of aromatic nitrogens is 1. The van der Waals surface area contributed by atoms with Crippen LogP contribution >= 0.6 is 15.9 Å². The number of nitrogens with one attached hydrogen (secondary N) is 1. The number of hydrazine groups is 1. The molecule has 20 heavy (non-hydrogen) atoms. The fraction of sp³-hybridized carbons (Fsp3) is 0.615. The lowest BCUT2D eigenvalue weighted by Crippen LogP contribution is -2.35. The molecule has 3 N–H and O–H groups in total. The highest BCUT2D eigenvalue weighted by molar-refractivity contribution is 9.10. The summed E-state index contributed by atoms with van der Waals surface area (Å²) in [6.07, 6.45) is 2.37. The number of halogens is 3. The first kappa shape index (κ1) is 15.4. The fourth-order valence-corrected chi connectivity index (χ4v) is 2.56. The lowest BCUT2D eigenvalue weighted by atomic mass is 9.75. The minimum atomic E-state index is -2.52. The molecular formula is C13H18BrF2N3O. The van der Waals surface area contributed by atoms with Crippen molar-refractivity contribution in [3.8, 4) is 5.75 Å². The van der Waals surface area contributed by atoms with E-state index < -0.39 is 5.92 Å². The fourth-order valence-electron chi connectivity index (χ4n) is 2.23. The predicted octanol–water partition coefficient (Wildman–Crippen LogP) is 3.72. The van der Waals surface area contributed by atoms with Gasteiger partial charge in [-0.1, -0.05) is 6.92 Å². The number of anilines is 1. The Morgan fingerprint density at radius 3 is 2.65 bits per heavy atom. The minimum absolute atomic E-state index is 0.0695. The van der Waals surface area contributed by atoms with Crippen LogP contribution in [0.3, 0.4) is 0 Å². The molecule has 1 saturated carbocycles. The average molecular weight is 350 g/mol. The molecule has 0 spiro atoms. The van der Waals surface area contributed by atoms with Crippen LogP contribution in [0, 0.1) is 5.41 Å². The second-order valence-corrected chi connectivity index (χ2v) is 6.45.